The van der Waals surface area contributed by atoms with Gasteiger partial charge in [0.15, 0.2) is 0 Å². The fraction of sp³-hybridized carbons (Fsp3) is 0.526. The standard InChI is InChI=1S/C19H27N3O4/c1-13-8-9-16-6-4-5-7-17(16)22(13)18(24)12-21(14(2)19(25)26)11-10-20-15(3)23/h4-7,13-14H,8-12H2,1-3H3,(H,20,23)(H,25,26). The van der Waals surface area contributed by atoms with Crippen LogP contribution in [-0.2, 0) is 20.8 Å². The molecule has 142 valence electrons. The van der Waals surface area contributed by atoms with E-state index in [9.17, 15) is 19.5 Å². The van der Waals surface area contributed by atoms with Crippen LogP contribution in [0, 0.1) is 0 Å². The van der Waals surface area contributed by atoms with Crippen molar-refractivity contribution >= 4 is 23.5 Å². The average molecular weight is 361 g/mol. The van der Waals surface area contributed by atoms with E-state index in [1.807, 2.05) is 31.2 Å². The molecule has 1 aromatic carbocycles. The molecule has 1 heterocycles. The number of para-hydroxylation sites is 1. The number of hydrogen-bond acceptors (Lipinski definition) is 4. The minimum atomic E-state index is -0.993. The maximum absolute atomic E-state index is 13.0. The molecule has 1 aliphatic rings. The van der Waals surface area contributed by atoms with Crippen LogP contribution in [0.5, 0.6) is 0 Å². The smallest absolute Gasteiger partial charge is 0.320 e. The minimum absolute atomic E-state index is 0.00821. The Hall–Kier alpha value is -2.41. The number of carboxylic acids is 1. The zero-order valence-corrected chi connectivity index (χ0v) is 15.6. The molecule has 0 aliphatic carbocycles. The third-order valence-corrected chi connectivity index (χ3v) is 4.81. The summed E-state index contributed by atoms with van der Waals surface area (Å²) >= 11 is 0. The fourth-order valence-electron chi connectivity index (χ4n) is 3.26. The molecule has 0 spiro atoms. The van der Waals surface area contributed by atoms with Crippen molar-refractivity contribution in [1.82, 2.24) is 10.2 Å². The van der Waals surface area contributed by atoms with Crippen LogP contribution in [0.3, 0.4) is 0 Å². The van der Waals surface area contributed by atoms with Gasteiger partial charge >= 0.3 is 5.97 Å². The van der Waals surface area contributed by atoms with E-state index < -0.39 is 12.0 Å². The van der Waals surface area contributed by atoms with Crippen LogP contribution in [-0.4, -0.2) is 59.5 Å². The molecule has 1 aromatic rings. The predicted molar refractivity (Wildman–Crippen MR) is 99.1 cm³/mol. The Bertz CT molecular complexity index is 677. The number of fused-ring (bicyclic) bond motifs is 1. The highest BCUT2D eigenvalue weighted by Crippen LogP contribution is 2.30. The number of amides is 2. The van der Waals surface area contributed by atoms with Crippen LogP contribution in [0.2, 0.25) is 0 Å². The SMILES string of the molecule is CC(=O)NCCN(CC(=O)N1c2ccccc2CCC1C)C(C)C(=O)O. The molecule has 0 radical (unpaired) electrons. The number of rotatable bonds is 7. The average Bonchev–Trinajstić information content (AvgIpc) is 2.59. The van der Waals surface area contributed by atoms with Gasteiger partial charge in [-0.3, -0.25) is 19.3 Å². The van der Waals surface area contributed by atoms with Gasteiger partial charge in [0.1, 0.15) is 6.04 Å². The van der Waals surface area contributed by atoms with E-state index in [1.54, 1.807) is 16.7 Å². The lowest BCUT2D eigenvalue weighted by atomic mass is 9.96. The van der Waals surface area contributed by atoms with E-state index >= 15 is 0 Å². The number of benzene rings is 1. The topological polar surface area (TPSA) is 90.0 Å². The summed E-state index contributed by atoms with van der Waals surface area (Å²) in [6.07, 6.45) is 1.81. The summed E-state index contributed by atoms with van der Waals surface area (Å²) in [6, 6.07) is 7.08. The van der Waals surface area contributed by atoms with Gasteiger partial charge in [0, 0.05) is 31.7 Å². The summed E-state index contributed by atoms with van der Waals surface area (Å²) in [5, 5.41) is 12.0. The van der Waals surface area contributed by atoms with E-state index in [1.165, 1.54) is 6.92 Å². The van der Waals surface area contributed by atoms with Crippen molar-refractivity contribution < 1.29 is 19.5 Å². The van der Waals surface area contributed by atoms with E-state index in [-0.39, 0.29) is 24.4 Å². The Kier molecular flexibility index (Phi) is 6.74. The number of anilines is 1. The summed E-state index contributed by atoms with van der Waals surface area (Å²) in [5.41, 5.74) is 2.04. The molecule has 0 fully saturated rings. The molecule has 26 heavy (non-hydrogen) atoms. The zero-order chi connectivity index (χ0) is 19.3. The Morgan fingerprint density at radius 3 is 2.69 bits per heavy atom. The maximum Gasteiger partial charge on any atom is 0.320 e. The second-order valence-electron chi connectivity index (χ2n) is 6.75. The maximum atomic E-state index is 13.0. The monoisotopic (exact) mass is 361 g/mol. The lowest BCUT2D eigenvalue weighted by Gasteiger charge is -2.37. The van der Waals surface area contributed by atoms with Crippen LogP contribution in [0.4, 0.5) is 5.69 Å². The van der Waals surface area contributed by atoms with E-state index in [0.717, 1.165) is 24.1 Å². The van der Waals surface area contributed by atoms with Crippen molar-refractivity contribution in [2.75, 3.05) is 24.5 Å². The highest BCUT2D eigenvalue weighted by Gasteiger charge is 2.31. The van der Waals surface area contributed by atoms with Crippen molar-refractivity contribution in [3.05, 3.63) is 29.8 Å². The molecular weight excluding hydrogens is 334 g/mol. The fourth-order valence-corrected chi connectivity index (χ4v) is 3.26. The van der Waals surface area contributed by atoms with Gasteiger partial charge in [-0.1, -0.05) is 18.2 Å². The first kappa shape index (κ1) is 19.9. The molecule has 2 amide bonds. The van der Waals surface area contributed by atoms with E-state index in [2.05, 4.69) is 5.32 Å². The van der Waals surface area contributed by atoms with Gasteiger partial charge in [0.2, 0.25) is 11.8 Å². The van der Waals surface area contributed by atoms with Gasteiger partial charge in [-0.2, -0.15) is 0 Å². The predicted octanol–water partition coefficient (Wildman–Crippen LogP) is 1.27. The van der Waals surface area contributed by atoms with Crippen molar-refractivity contribution in [1.29, 1.82) is 0 Å². The molecular formula is C19H27N3O4. The highest BCUT2D eigenvalue weighted by molar-refractivity contribution is 5.96. The minimum Gasteiger partial charge on any atom is -0.480 e. The lowest BCUT2D eigenvalue weighted by Crippen LogP contribution is -2.51. The van der Waals surface area contributed by atoms with Crippen LogP contribution >= 0.6 is 0 Å². The second kappa shape index (κ2) is 8.80. The number of aryl methyl sites for hydroxylation is 1. The number of carboxylic acid groups (broad SMARTS) is 1. The van der Waals surface area contributed by atoms with Crippen molar-refractivity contribution in [3.8, 4) is 0 Å². The van der Waals surface area contributed by atoms with E-state index in [4.69, 9.17) is 0 Å². The molecule has 1 aliphatic heterocycles. The molecule has 0 saturated carbocycles. The molecule has 0 bridgehead atoms. The van der Waals surface area contributed by atoms with Gasteiger partial charge < -0.3 is 15.3 Å². The number of aliphatic carboxylic acids is 1. The van der Waals surface area contributed by atoms with Gasteiger partial charge in [0.05, 0.1) is 6.54 Å². The van der Waals surface area contributed by atoms with Crippen molar-refractivity contribution in [3.63, 3.8) is 0 Å². The first-order valence-corrected chi connectivity index (χ1v) is 8.92. The molecule has 0 aromatic heterocycles. The normalized spacial score (nSPS) is 17.5. The molecule has 2 atom stereocenters. The molecule has 2 rings (SSSR count). The van der Waals surface area contributed by atoms with Gasteiger partial charge in [-0.15, -0.1) is 0 Å². The third kappa shape index (κ3) is 4.82. The van der Waals surface area contributed by atoms with Crippen LogP contribution in [0.1, 0.15) is 32.8 Å². The van der Waals surface area contributed by atoms with Crippen LogP contribution < -0.4 is 10.2 Å². The first-order valence-electron chi connectivity index (χ1n) is 8.92. The Balaban J connectivity index is 2.15. The number of carbonyl (C=O) groups is 3. The molecule has 2 unspecified atom stereocenters. The summed E-state index contributed by atoms with van der Waals surface area (Å²) in [5.74, 6) is -1.30. The summed E-state index contributed by atoms with van der Waals surface area (Å²) in [6.45, 7) is 5.55. The highest BCUT2D eigenvalue weighted by atomic mass is 16.4. The van der Waals surface area contributed by atoms with Crippen molar-refractivity contribution in [2.45, 2.75) is 45.7 Å². The van der Waals surface area contributed by atoms with Gasteiger partial charge in [0.25, 0.3) is 0 Å². The zero-order valence-electron chi connectivity index (χ0n) is 15.6. The Labute approximate surface area is 154 Å². The van der Waals surface area contributed by atoms with Crippen LogP contribution in [0.25, 0.3) is 0 Å². The second-order valence-corrected chi connectivity index (χ2v) is 6.75. The van der Waals surface area contributed by atoms with Crippen molar-refractivity contribution in [2.24, 2.45) is 0 Å². The Morgan fingerprint density at radius 2 is 2.04 bits per heavy atom. The summed E-state index contributed by atoms with van der Waals surface area (Å²) in [7, 11) is 0. The largest absolute Gasteiger partial charge is 0.480 e. The quantitative estimate of drug-likeness (QED) is 0.763. The molecule has 7 nitrogen and oxygen atoms in total. The molecule has 7 heteroatoms. The van der Waals surface area contributed by atoms with E-state index in [0.29, 0.717) is 13.1 Å². The lowest BCUT2D eigenvalue weighted by molar-refractivity contribution is -0.143. The summed E-state index contributed by atoms with van der Waals surface area (Å²) in [4.78, 5) is 38.8. The third-order valence-electron chi connectivity index (χ3n) is 4.81. The number of carbonyl (C=O) groups excluding carboxylic acids is 2. The summed E-state index contributed by atoms with van der Waals surface area (Å²) < 4.78 is 0. The number of nitrogens with zero attached hydrogens (tertiary/aromatic N) is 2. The van der Waals surface area contributed by atoms with Gasteiger partial charge in [-0.05, 0) is 38.3 Å². The number of nitrogens with one attached hydrogen (secondary N) is 1. The number of hydrogen-bond donors (Lipinski definition) is 2. The first-order chi connectivity index (χ1) is 12.3. The molecule has 2 N–H and O–H groups in total. The molecule has 0 saturated heterocycles. The van der Waals surface area contributed by atoms with Crippen LogP contribution in [0.15, 0.2) is 24.3 Å². The Morgan fingerprint density at radius 1 is 1.35 bits per heavy atom. The van der Waals surface area contributed by atoms with Gasteiger partial charge in [-0.25, -0.2) is 0 Å².